The van der Waals surface area contributed by atoms with Gasteiger partial charge in [0, 0.05) is 11.6 Å². The maximum absolute atomic E-state index is 12.4. The van der Waals surface area contributed by atoms with Crippen LogP contribution in [0.2, 0.25) is 5.02 Å². The van der Waals surface area contributed by atoms with Crippen LogP contribution in [0.5, 0.6) is 0 Å². The number of anilines is 2. The second-order valence-electron chi connectivity index (χ2n) is 6.02. The van der Waals surface area contributed by atoms with Gasteiger partial charge in [-0.05, 0) is 36.5 Å². The fraction of sp³-hybridized carbons (Fsp3) is 0.533. The summed E-state index contributed by atoms with van der Waals surface area (Å²) in [6.07, 6.45) is 4.36. The molecule has 0 bridgehead atoms. The highest BCUT2D eigenvalue weighted by Gasteiger charge is 2.37. The van der Waals surface area contributed by atoms with E-state index in [1.807, 2.05) is 0 Å². The lowest BCUT2D eigenvalue weighted by Gasteiger charge is -2.37. The van der Waals surface area contributed by atoms with Crippen molar-refractivity contribution in [2.45, 2.75) is 39.5 Å². The van der Waals surface area contributed by atoms with Crippen LogP contribution in [0.3, 0.4) is 0 Å². The summed E-state index contributed by atoms with van der Waals surface area (Å²) in [5.41, 5.74) is 6.98. The van der Waals surface area contributed by atoms with Gasteiger partial charge in [0.05, 0.1) is 10.7 Å². The molecule has 1 aromatic rings. The first kappa shape index (κ1) is 14.2. The summed E-state index contributed by atoms with van der Waals surface area (Å²) in [7, 11) is 0. The van der Waals surface area contributed by atoms with E-state index in [1.54, 1.807) is 18.2 Å². The number of halogens is 1. The Labute approximate surface area is 119 Å². The molecule has 1 amide bonds. The van der Waals surface area contributed by atoms with Crippen LogP contribution in [-0.4, -0.2) is 5.91 Å². The third kappa shape index (κ3) is 3.21. The van der Waals surface area contributed by atoms with E-state index in [0.29, 0.717) is 16.4 Å². The van der Waals surface area contributed by atoms with E-state index in [2.05, 4.69) is 19.2 Å². The minimum Gasteiger partial charge on any atom is -0.399 e. The van der Waals surface area contributed by atoms with Crippen LogP contribution in [0.1, 0.15) is 39.5 Å². The highest BCUT2D eigenvalue weighted by Crippen LogP contribution is 2.41. The van der Waals surface area contributed by atoms with Crippen LogP contribution in [0, 0.1) is 11.3 Å². The van der Waals surface area contributed by atoms with E-state index in [9.17, 15) is 4.79 Å². The van der Waals surface area contributed by atoms with E-state index in [0.717, 1.165) is 19.3 Å². The quantitative estimate of drug-likeness (QED) is 0.802. The van der Waals surface area contributed by atoms with Crippen LogP contribution in [0.4, 0.5) is 11.4 Å². The topological polar surface area (TPSA) is 55.1 Å². The Kier molecular flexibility index (Phi) is 4.04. The molecular weight excluding hydrogens is 260 g/mol. The largest absolute Gasteiger partial charge is 0.399 e. The van der Waals surface area contributed by atoms with Gasteiger partial charge in [-0.3, -0.25) is 4.79 Å². The number of nitrogen functional groups attached to an aromatic ring is 1. The molecular formula is C15H21ClN2O. The van der Waals surface area contributed by atoms with E-state index in [-0.39, 0.29) is 17.2 Å². The smallest absolute Gasteiger partial charge is 0.228 e. The van der Waals surface area contributed by atoms with Crippen molar-refractivity contribution in [2.75, 3.05) is 11.1 Å². The number of nitrogens with one attached hydrogen (secondary N) is 1. The molecule has 1 atom stereocenters. The molecule has 0 spiro atoms. The number of benzene rings is 1. The summed E-state index contributed by atoms with van der Waals surface area (Å²) in [6.45, 7) is 4.33. The van der Waals surface area contributed by atoms with Gasteiger partial charge in [0.15, 0.2) is 0 Å². The number of amides is 1. The summed E-state index contributed by atoms with van der Waals surface area (Å²) < 4.78 is 0. The number of carbonyl (C=O) groups excluding carboxylic acids is 1. The normalized spacial score (nSPS) is 21.9. The maximum atomic E-state index is 12.4. The molecule has 1 fully saturated rings. The summed E-state index contributed by atoms with van der Waals surface area (Å²) in [6, 6.07) is 5.14. The molecule has 1 aliphatic rings. The number of hydrogen-bond acceptors (Lipinski definition) is 2. The van der Waals surface area contributed by atoms with E-state index in [4.69, 9.17) is 17.3 Å². The van der Waals surface area contributed by atoms with Crippen molar-refractivity contribution in [3.8, 4) is 0 Å². The Balaban J connectivity index is 2.14. The van der Waals surface area contributed by atoms with Crippen molar-refractivity contribution in [3.05, 3.63) is 23.2 Å². The molecule has 2 rings (SSSR count). The first-order chi connectivity index (χ1) is 8.90. The highest BCUT2D eigenvalue weighted by molar-refractivity contribution is 6.33. The van der Waals surface area contributed by atoms with Crippen LogP contribution in [0.25, 0.3) is 0 Å². The van der Waals surface area contributed by atoms with Crippen molar-refractivity contribution >= 4 is 28.9 Å². The van der Waals surface area contributed by atoms with Gasteiger partial charge in [-0.25, -0.2) is 0 Å². The number of rotatable bonds is 2. The number of carbonyl (C=O) groups is 1. The first-order valence-electron chi connectivity index (χ1n) is 6.76. The lowest BCUT2D eigenvalue weighted by Crippen LogP contribution is -2.37. The second kappa shape index (κ2) is 5.41. The van der Waals surface area contributed by atoms with Gasteiger partial charge in [0.1, 0.15) is 0 Å². The van der Waals surface area contributed by atoms with Crippen LogP contribution >= 0.6 is 11.6 Å². The predicted octanol–water partition coefficient (Wildman–Crippen LogP) is 4.08. The highest BCUT2D eigenvalue weighted by atomic mass is 35.5. The molecule has 4 heteroatoms. The molecule has 1 aromatic carbocycles. The fourth-order valence-electron chi connectivity index (χ4n) is 2.84. The minimum absolute atomic E-state index is 0.0405. The van der Waals surface area contributed by atoms with Gasteiger partial charge in [-0.2, -0.15) is 0 Å². The molecule has 19 heavy (non-hydrogen) atoms. The third-order valence-corrected chi connectivity index (χ3v) is 4.40. The van der Waals surface area contributed by atoms with Crippen molar-refractivity contribution in [1.82, 2.24) is 0 Å². The van der Waals surface area contributed by atoms with Gasteiger partial charge >= 0.3 is 0 Å². The molecule has 1 aliphatic carbocycles. The Hall–Kier alpha value is -1.22. The van der Waals surface area contributed by atoms with Gasteiger partial charge in [-0.15, -0.1) is 0 Å². The first-order valence-corrected chi connectivity index (χ1v) is 7.14. The molecule has 0 radical (unpaired) electrons. The molecule has 3 N–H and O–H groups in total. The summed E-state index contributed by atoms with van der Waals surface area (Å²) >= 11 is 6.08. The zero-order chi connectivity index (χ0) is 14.0. The van der Waals surface area contributed by atoms with Crippen LogP contribution in [-0.2, 0) is 4.79 Å². The maximum Gasteiger partial charge on any atom is 0.228 e. The zero-order valence-corrected chi connectivity index (χ0v) is 12.3. The molecule has 3 nitrogen and oxygen atoms in total. The lowest BCUT2D eigenvalue weighted by atomic mass is 9.68. The molecule has 0 aliphatic heterocycles. The summed E-state index contributed by atoms with van der Waals surface area (Å²) in [5, 5.41) is 3.45. The molecule has 1 unspecified atom stereocenters. The average molecular weight is 281 g/mol. The minimum atomic E-state index is 0.0405. The SMILES string of the molecule is CC1(C)CCCCC1C(=O)Nc1cc(N)ccc1Cl. The van der Waals surface area contributed by atoms with E-state index < -0.39 is 0 Å². The lowest BCUT2D eigenvalue weighted by molar-refractivity contribution is -0.124. The second-order valence-corrected chi connectivity index (χ2v) is 6.42. The van der Waals surface area contributed by atoms with E-state index in [1.165, 1.54) is 6.42 Å². The van der Waals surface area contributed by atoms with Gasteiger partial charge < -0.3 is 11.1 Å². The number of hydrogen-bond donors (Lipinski definition) is 2. The van der Waals surface area contributed by atoms with Crippen molar-refractivity contribution in [1.29, 1.82) is 0 Å². The van der Waals surface area contributed by atoms with Crippen molar-refractivity contribution in [2.24, 2.45) is 11.3 Å². The zero-order valence-electron chi connectivity index (χ0n) is 11.5. The molecule has 0 saturated heterocycles. The molecule has 0 aromatic heterocycles. The fourth-order valence-corrected chi connectivity index (χ4v) is 3.00. The van der Waals surface area contributed by atoms with Gasteiger partial charge in [0.2, 0.25) is 5.91 Å². The van der Waals surface area contributed by atoms with Gasteiger partial charge in [0.25, 0.3) is 0 Å². The van der Waals surface area contributed by atoms with E-state index >= 15 is 0 Å². The summed E-state index contributed by atoms with van der Waals surface area (Å²) in [4.78, 5) is 12.4. The van der Waals surface area contributed by atoms with Crippen LogP contribution in [0.15, 0.2) is 18.2 Å². The van der Waals surface area contributed by atoms with Crippen molar-refractivity contribution in [3.63, 3.8) is 0 Å². The monoisotopic (exact) mass is 280 g/mol. The Morgan fingerprint density at radius 2 is 2.16 bits per heavy atom. The molecule has 1 saturated carbocycles. The van der Waals surface area contributed by atoms with Gasteiger partial charge in [-0.1, -0.05) is 38.3 Å². The predicted molar refractivity (Wildman–Crippen MR) is 80.2 cm³/mol. The Bertz CT molecular complexity index is 485. The summed E-state index contributed by atoms with van der Waals surface area (Å²) in [5.74, 6) is 0.0935. The van der Waals surface area contributed by atoms with Crippen LogP contribution < -0.4 is 11.1 Å². The number of nitrogens with two attached hydrogens (primary N) is 1. The average Bonchev–Trinajstić information content (AvgIpc) is 2.33. The molecule has 104 valence electrons. The van der Waals surface area contributed by atoms with Crippen molar-refractivity contribution < 1.29 is 4.79 Å². The Morgan fingerprint density at radius 3 is 2.84 bits per heavy atom. The Morgan fingerprint density at radius 1 is 1.42 bits per heavy atom. The third-order valence-electron chi connectivity index (χ3n) is 4.07. The molecule has 0 heterocycles. The standard InChI is InChI=1S/C15H21ClN2O/c1-15(2)8-4-3-5-11(15)14(19)18-13-9-10(17)6-7-12(13)16/h6-7,9,11H,3-5,8,17H2,1-2H3,(H,18,19).